The molecule has 2 unspecified atom stereocenters. The van der Waals surface area contributed by atoms with Crippen LogP contribution in [0.2, 0.25) is 0 Å². The Balaban J connectivity index is 2.47. The lowest BCUT2D eigenvalue weighted by Gasteiger charge is -2.17. The first-order valence-electron chi connectivity index (χ1n) is 17.3. The maximum absolute atomic E-state index is 3.72. The first-order valence-corrected chi connectivity index (χ1v) is 17.3. The number of aromatic nitrogens is 2. The SMILES string of the molecule is CCCCCCCCCCCC(CCCCCCCC)c1[nH]cc[n+]1C(C)CCCCCCCCCC. The van der Waals surface area contributed by atoms with Gasteiger partial charge in [0.15, 0.2) is 0 Å². The molecule has 0 amide bonds. The molecule has 0 spiro atoms. The van der Waals surface area contributed by atoms with Crippen LogP contribution in [0, 0.1) is 0 Å². The van der Waals surface area contributed by atoms with Gasteiger partial charge in [-0.2, -0.15) is 0 Å². The van der Waals surface area contributed by atoms with E-state index in [0.717, 1.165) is 0 Å². The van der Waals surface area contributed by atoms with Crippen LogP contribution in [0.1, 0.15) is 212 Å². The van der Waals surface area contributed by atoms with Crippen molar-refractivity contribution in [3.05, 3.63) is 18.2 Å². The summed E-state index contributed by atoms with van der Waals surface area (Å²) in [5.41, 5.74) is 0. The van der Waals surface area contributed by atoms with Gasteiger partial charge in [0.1, 0.15) is 12.4 Å². The summed E-state index contributed by atoms with van der Waals surface area (Å²) in [5, 5.41) is 0. The highest BCUT2D eigenvalue weighted by Gasteiger charge is 2.25. The van der Waals surface area contributed by atoms with Gasteiger partial charge in [0, 0.05) is 0 Å². The van der Waals surface area contributed by atoms with Crippen molar-refractivity contribution in [1.29, 1.82) is 0 Å². The van der Waals surface area contributed by atoms with Gasteiger partial charge in [-0.05, 0) is 32.6 Å². The van der Waals surface area contributed by atoms with E-state index in [9.17, 15) is 0 Å². The first-order chi connectivity index (χ1) is 18.2. The molecule has 0 aliphatic carbocycles. The summed E-state index contributed by atoms with van der Waals surface area (Å²) in [4.78, 5) is 3.72. The number of hydrogen-bond acceptors (Lipinski definition) is 0. The number of H-pyrrole nitrogens is 1. The van der Waals surface area contributed by atoms with Gasteiger partial charge in [-0.25, -0.2) is 9.55 Å². The lowest BCUT2D eigenvalue weighted by atomic mass is 9.92. The summed E-state index contributed by atoms with van der Waals surface area (Å²) in [7, 11) is 0. The van der Waals surface area contributed by atoms with Crippen molar-refractivity contribution in [2.45, 2.75) is 207 Å². The third-order valence-corrected chi connectivity index (χ3v) is 8.64. The normalized spacial score (nSPS) is 13.3. The summed E-state index contributed by atoms with van der Waals surface area (Å²) < 4.78 is 2.62. The van der Waals surface area contributed by atoms with Gasteiger partial charge >= 0.3 is 0 Å². The molecule has 2 nitrogen and oxygen atoms in total. The van der Waals surface area contributed by atoms with Crippen LogP contribution in [-0.4, -0.2) is 4.98 Å². The van der Waals surface area contributed by atoms with Gasteiger partial charge in [-0.1, -0.05) is 162 Å². The lowest BCUT2D eigenvalue weighted by molar-refractivity contribution is -0.727. The number of aromatic amines is 1. The van der Waals surface area contributed by atoms with E-state index < -0.39 is 0 Å². The average Bonchev–Trinajstić information content (AvgIpc) is 3.40. The van der Waals surface area contributed by atoms with Crippen molar-refractivity contribution in [1.82, 2.24) is 4.98 Å². The molecule has 1 aromatic heterocycles. The Morgan fingerprint density at radius 3 is 1.27 bits per heavy atom. The second-order valence-electron chi connectivity index (χ2n) is 12.2. The van der Waals surface area contributed by atoms with E-state index in [0.29, 0.717) is 12.0 Å². The molecule has 2 heteroatoms. The topological polar surface area (TPSA) is 19.7 Å². The van der Waals surface area contributed by atoms with Crippen LogP contribution in [0.3, 0.4) is 0 Å². The smallest absolute Gasteiger partial charge is 0.247 e. The summed E-state index contributed by atoms with van der Waals surface area (Å²) >= 11 is 0. The Morgan fingerprint density at radius 1 is 0.514 bits per heavy atom. The largest absolute Gasteiger partial charge is 0.257 e. The zero-order chi connectivity index (χ0) is 26.8. The number of unbranched alkanes of at least 4 members (excludes halogenated alkanes) is 20. The standard InChI is InChI=1S/C35H68N2/c1-5-8-11-14-17-19-21-24-27-30-34(29-26-23-16-13-10-7-3)35-36-31-32-37(35)33(4)28-25-22-20-18-15-12-9-6-2/h31-34H,5-30H2,1-4H3/p+1. The molecule has 1 heterocycles. The molecular formula is C35H69N2+. The molecule has 0 radical (unpaired) electrons. The molecule has 2 atom stereocenters. The quantitative estimate of drug-likeness (QED) is 0.0842. The minimum Gasteiger partial charge on any atom is -0.247 e. The summed E-state index contributed by atoms with van der Waals surface area (Å²) in [6.07, 6.45) is 41.2. The van der Waals surface area contributed by atoms with E-state index >= 15 is 0 Å². The molecule has 37 heavy (non-hydrogen) atoms. The number of hydrogen-bond donors (Lipinski definition) is 1. The molecular weight excluding hydrogens is 448 g/mol. The second-order valence-corrected chi connectivity index (χ2v) is 12.2. The number of nitrogens with one attached hydrogen (secondary N) is 1. The van der Waals surface area contributed by atoms with Crippen LogP contribution in [0.5, 0.6) is 0 Å². The number of rotatable bonds is 28. The molecule has 0 bridgehead atoms. The Bertz CT molecular complexity index is 578. The molecule has 1 aromatic rings. The average molecular weight is 518 g/mol. The van der Waals surface area contributed by atoms with Crippen LogP contribution < -0.4 is 4.57 Å². The van der Waals surface area contributed by atoms with Crippen molar-refractivity contribution in [2.75, 3.05) is 0 Å². The van der Waals surface area contributed by atoms with Crippen LogP contribution in [-0.2, 0) is 0 Å². The second kappa shape index (κ2) is 25.5. The van der Waals surface area contributed by atoms with Gasteiger partial charge < -0.3 is 0 Å². The van der Waals surface area contributed by atoms with Crippen LogP contribution in [0.4, 0.5) is 0 Å². The molecule has 0 saturated carbocycles. The minimum atomic E-state index is 0.622. The van der Waals surface area contributed by atoms with Gasteiger partial charge in [-0.15, -0.1) is 0 Å². The van der Waals surface area contributed by atoms with Crippen molar-refractivity contribution in [2.24, 2.45) is 0 Å². The zero-order valence-corrected chi connectivity index (χ0v) is 26.1. The van der Waals surface area contributed by atoms with Crippen molar-refractivity contribution < 1.29 is 4.57 Å². The Labute approximate surface area is 234 Å². The maximum atomic E-state index is 3.72. The third-order valence-electron chi connectivity index (χ3n) is 8.64. The van der Waals surface area contributed by atoms with E-state index in [2.05, 4.69) is 49.6 Å². The van der Waals surface area contributed by atoms with E-state index in [1.807, 2.05) is 0 Å². The first kappa shape index (κ1) is 34.2. The molecule has 1 rings (SSSR count). The van der Waals surface area contributed by atoms with E-state index in [-0.39, 0.29) is 0 Å². The molecule has 0 aliphatic heterocycles. The predicted octanol–water partition coefficient (Wildman–Crippen LogP) is 12.1. The molecule has 0 fully saturated rings. The number of imidazole rings is 1. The number of nitrogens with zero attached hydrogens (tertiary/aromatic N) is 1. The van der Waals surface area contributed by atoms with E-state index in [1.165, 1.54) is 173 Å². The maximum Gasteiger partial charge on any atom is 0.257 e. The Hall–Kier alpha value is -0.790. The van der Waals surface area contributed by atoms with Crippen LogP contribution in [0.15, 0.2) is 12.4 Å². The summed E-state index contributed by atoms with van der Waals surface area (Å²) in [6.45, 7) is 9.40. The van der Waals surface area contributed by atoms with Gasteiger partial charge in [0.25, 0.3) is 5.82 Å². The molecule has 0 aliphatic rings. The highest BCUT2D eigenvalue weighted by Crippen LogP contribution is 2.27. The molecule has 0 saturated heterocycles. The van der Waals surface area contributed by atoms with Crippen molar-refractivity contribution in [3.63, 3.8) is 0 Å². The summed E-state index contributed by atoms with van der Waals surface area (Å²) in [6, 6.07) is 0.622. The van der Waals surface area contributed by atoms with Gasteiger partial charge in [0.05, 0.1) is 12.0 Å². The zero-order valence-electron chi connectivity index (χ0n) is 26.1. The molecule has 0 aromatic carbocycles. The van der Waals surface area contributed by atoms with E-state index in [4.69, 9.17) is 0 Å². The lowest BCUT2D eigenvalue weighted by Crippen LogP contribution is -2.41. The third kappa shape index (κ3) is 18.2. The minimum absolute atomic E-state index is 0.622. The Kier molecular flexibility index (Phi) is 23.6. The molecule has 218 valence electrons. The van der Waals surface area contributed by atoms with Gasteiger partial charge in [0.2, 0.25) is 0 Å². The fourth-order valence-corrected chi connectivity index (χ4v) is 6.07. The van der Waals surface area contributed by atoms with E-state index in [1.54, 1.807) is 0 Å². The fourth-order valence-electron chi connectivity index (χ4n) is 6.07. The highest BCUT2D eigenvalue weighted by atomic mass is 15.1. The van der Waals surface area contributed by atoms with Crippen molar-refractivity contribution in [3.8, 4) is 0 Å². The van der Waals surface area contributed by atoms with Crippen LogP contribution in [0.25, 0.3) is 0 Å². The fraction of sp³-hybridized carbons (Fsp3) is 0.914. The summed E-state index contributed by atoms with van der Waals surface area (Å²) in [5.74, 6) is 2.24. The highest BCUT2D eigenvalue weighted by molar-refractivity contribution is 4.90. The monoisotopic (exact) mass is 518 g/mol. The Morgan fingerprint density at radius 2 is 0.865 bits per heavy atom. The molecule has 1 N–H and O–H groups in total. The predicted molar refractivity (Wildman–Crippen MR) is 166 cm³/mol. The van der Waals surface area contributed by atoms with Gasteiger partial charge in [-0.3, -0.25) is 0 Å². The van der Waals surface area contributed by atoms with Crippen molar-refractivity contribution >= 4 is 0 Å². The van der Waals surface area contributed by atoms with Crippen LogP contribution >= 0.6 is 0 Å².